The second-order valence-corrected chi connectivity index (χ2v) is 5.22. The van der Waals surface area contributed by atoms with Gasteiger partial charge in [0.1, 0.15) is 0 Å². The average molecular weight is 246 g/mol. The molecule has 0 spiro atoms. The van der Waals surface area contributed by atoms with Crippen molar-refractivity contribution in [2.75, 3.05) is 30.3 Å². The van der Waals surface area contributed by atoms with E-state index >= 15 is 0 Å². The zero-order chi connectivity index (χ0) is 12.7. The maximum Gasteiger partial charge on any atom is 0.223 e. The molecule has 3 heterocycles. The lowest BCUT2D eigenvalue weighted by atomic mass is 10.0. The fourth-order valence-electron chi connectivity index (χ4n) is 3.04. The number of pyridine rings is 1. The van der Waals surface area contributed by atoms with Crippen molar-refractivity contribution in [3.05, 3.63) is 18.5 Å². The van der Waals surface area contributed by atoms with E-state index in [1.165, 1.54) is 0 Å². The number of aromatic nitrogens is 1. The van der Waals surface area contributed by atoms with Gasteiger partial charge in [-0.15, -0.1) is 0 Å². The number of anilines is 2. The van der Waals surface area contributed by atoms with Gasteiger partial charge in [0.05, 0.1) is 23.6 Å². The van der Waals surface area contributed by atoms with E-state index < -0.39 is 0 Å². The molecule has 3 rings (SSSR count). The first kappa shape index (κ1) is 11.3. The summed E-state index contributed by atoms with van der Waals surface area (Å²) in [5.41, 5.74) is 7.71. The molecule has 0 aliphatic carbocycles. The maximum atomic E-state index is 11.8. The number of fused-ring (bicyclic) bond motifs is 1. The van der Waals surface area contributed by atoms with Crippen LogP contribution in [-0.4, -0.2) is 41.5 Å². The predicted molar refractivity (Wildman–Crippen MR) is 70.1 cm³/mol. The topological polar surface area (TPSA) is 62.5 Å². The van der Waals surface area contributed by atoms with Crippen molar-refractivity contribution in [1.82, 2.24) is 9.88 Å². The van der Waals surface area contributed by atoms with E-state index in [0.29, 0.717) is 30.0 Å². The summed E-state index contributed by atoms with van der Waals surface area (Å²) in [6.45, 7) is 4.68. The van der Waals surface area contributed by atoms with E-state index in [1.807, 2.05) is 11.0 Å². The summed E-state index contributed by atoms with van der Waals surface area (Å²) < 4.78 is 0. The average Bonchev–Trinajstić information content (AvgIpc) is 2.65. The largest absolute Gasteiger partial charge is 0.396 e. The van der Waals surface area contributed by atoms with Crippen LogP contribution in [0.2, 0.25) is 0 Å². The van der Waals surface area contributed by atoms with Crippen molar-refractivity contribution < 1.29 is 4.79 Å². The Morgan fingerprint density at radius 1 is 1.44 bits per heavy atom. The van der Waals surface area contributed by atoms with Crippen molar-refractivity contribution in [2.45, 2.75) is 19.4 Å². The third-order valence-corrected chi connectivity index (χ3v) is 4.06. The number of hydrogen-bond donors (Lipinski definition) is 1. The molecule has 1 aromatic heterocycles. The molecule has 0 radical (unpaired) electrons. The highest BCUT2D eigenvalue weighted by atomic mass is 16.2. The standard InChI is InChI=1S/C13H18N4O/c1-9-6-13(18)17-5-4-16(8-12(9)17)11-2-3-15-7-10(11)14/h2-3,7,9,12H,4-6,8,14H2,1H3/t9?,12-/m0/s1. The van der Waals surface area contributed by atoms with Crippen LogP contribution in [0, 0.1) is 5.92 Å². The van der Waals surface area contributed by atoms with Crippen LogP contribution in [0.25, 0.3) is 0 Å². The number of nitrogen functional groups attached to an aromatic ring is 1. The number of rotatable bonds is 1. The molecule has 2 fully saturated rings. The van der Waals surface area contributed by atoms with Crippen LogP contribution >= 0.6 is 0 Å². The first-order chi connectivity index (χ1) is 8.66. The van der Waals surface area contributed by atoms with Gasteiger partial charge in [-0.3, -0.25) is 9.78 Å². The minimum atomic E-state index is 0.301. The molecule has 2 atom stereocenters. The van der Waals surface area contributed by atoms with Gasteiger partial charge in [-0.05, 0) is 12.0 Å². The molecular formula is C13H18N4O. The number of carbonyl (C=O) groups is 1. The molecular weight excluding hydrogens is 228 g/mol. The number of amides is 1. The highest BCUT2D eigenvalue weighted by Gasteiger charge is 2.40. The van der Waals surface area contributed by atoms with Gasteiger partial charge in [-0.2, -0.15) is 0 Å². The van der Waals surface area contributed by atoms with Gasteiger partial charge >= 0.3 is 0 Å². The van der Waals surface area contributed by atoms with Gasteiger partial charge < -0.3 is 15.5 Å². The van der Waals surface area contributed by atoms with E-state index in [9.17, 15) is 4.79 Å². The van der Waals surface area contributed by atoms with Gasteiger partial charge in [-0.1, -0.05) is 6.92 Å². The van der Waals surface area contributed by atoms with Gasteiger partial charge in [0.15, 0.2) is 0 Å². The van der Waals surface area contributed by atoms with Crippen molar-refractivity contribution in [1.29, 1.82) is 0 Å². The molecule has 5 heteroatoms. The molecule has 0 bridgehead atoms. The molecule has 0 saturated carbocycles. The molecule has 2 saturated heterocycles. The zero-order valence-corrected chi connectivity index (χ0v) is 10.5. The van der Waals surface area contributed by atoms with Crippen LogP contribution in [0.3, 0.4) is 0 Å². The number of piperazine rings is 1. The normalized spacial score (nSPS) is 27.5. The van der Waals surface area contributed by atoms with E-state index in [4.69, 9.17) is 5.73 Å². The van der Waals surface area contributed by atoms with Crippen LogP contribution in [0.15, 0.2) is 18.5 Å². The summed E-state index contributed by atoms with van der Waals surface area (Å²) in [5, 5.41) is 0. The molecule has 1 unspecified atom stereocenters. The van der Waals surface area contributed by atoms with Gasteiger partial charge in [0, 0.05) is 32.3 Å². The molecule has 1 amide bonds. The van der Waals surface area contributed by atoms with Crippen LogP contribution in [0.5, 0.6) is 0 Å². The minimum absolute atomic E-state index is 0.301. The van der Waals surface area contributed by atoms with Gasteiger partial charge in [-0.25, -0.2) is 0 Å². The van der Waals surface area contributed by atoms with E-state index in [0.717, 1.165) is 25.3 Å². The monoisotopic (exact) mass is 246 g/mol. The lowest BCUT2D eigenvalue weighted by Gasteiger charge is -2.40. The van der Waals surface area contributed by atoms with E-state index in [1.54, 1.807) is 12.4 Å². The molecule has 18 heavy (non-hydrogen) atoms. The van der Waals surface area contributed by atoms with Crippen molar-refractivity contribution in [2.24, 2.45) is 5.92 Å². The Bertz CT molecular complexity index is 476. The molecule has 2 N–H and O–H groups in total. The molecule has 2 aliphatic heterocycles. The zero-order valence-electron chi connectivity index (χ0n) is 10.5. The third kappa shape index (κ3) is 1.70. The lowest BCUT2D eigenvalue weighted by Crippen LogP contribution is -2.53. The van der Waals surface area contributed by atoms with Crippen molar-refractivity contribution in [3.8, 4) is 0 Å². The molecule has 0 aromatic carbocycles. The van der Waals surface area contributed by atoms with Gasteiger partial charge in [0.2, 0.25) is 5.91 Å². The summed E-state index contributed by atoms with van der Waals surface area (Å²) in [4.78, 5) is 20.1. The first-order valence-corrected chi connectivity index (χ1v) is 6.40. The fourth-order valence-corrected chi connectivity index (χ4v) is 3.04. The Morgan fingerprint density at radius 2 is 2.28 bits per heavy atom. The second kappa shape index (κ2) is 4.15. The molecule has 1 aromatic rings. The van der Waals surface area contributed by atoms with Crippen molar-refractivity contribution in [3.63, 3.8) is 0 Å². The van der Waals surface area contributed by atoms with E-state index in [2.05, 4.69) is 16.8 Å². The second-order valence-electron chi connectivity index (χ2n) is 5.22. The Labute approximate surface area is 107 Å². The number of nitrogens with two attached hydrogens (primary N) is 1. The summed E-state index contributed by atoms with van der Waals surface area (Å²) in [6, 6.07) is 2.28. The Hall–Kier alpha value is -1.78. The molecule has 96 valence electrons. The number of carbonyl (C=O) groups excluding carboxylic acids is 1. The number of nitrogens with zero attached hydrogens (tertiary/aromatic N) is 3. The smallest absolute Gasteiger partial charge is 0.223 e. The van der Waals surface area contributed by atoms with Crippen LogP contribution in [-0.2, 0) is 4.79 Å². The summed E-state index contributed by atoms with van der Waals surface area (Å²) in [5.74, 6) is 0.734. The van der Waals surface area contributed by atoms with Gasteiger partial charge in [0.25, 0.3) is 0 Å². The Morgan fingerprint density at radius 3 is 3.06 bits per heavy atom. The SMILES string of the molecule is CC1CC(=O)N2CCN(c3ccncc3N)C[C@@H]12. The highest BCUT2D eigenvalue weighted by Crippen LogP contribution is 2.31. The molecule has 2 aliphatic rings. The number of hydrogen-bond acceptors (Lipinski definition) is 4. The quantitative estimate of drug-likeness (QED) is 0.793. The lowest BCUT2D eigenvalue weighted by molar-refractivity contribution is -0.129. The summed E-state index contributed by atoms with van der Waals surface area (Å²) >= 11 is 0. The van der Waals surface area contributed by atoms with Crippen LogP contribution < -0.4 is 10.6 Å². The highest BCUT2D eigenvalue weighted by molar-refractivity contribution is 5.80. The Kier molecular flexibility index (Phi) is 2.61. The molecule has 5 nitrogen and oxygen atoms in total. The minimum Gasteiger partial charge on any atom is -0.396 e. The summed E-state index contributed by atoms with van der Waals surface area (Å²) in [7, 11) is 0. The van der Waals surface area contributed by atoms with Crippen LogP contribution in [0.1, 0.15) is 13.3 Å². The summed E-state index contributed by atoms with van der Waals surface area (Å²) in [6.07, 6.45) is 4.14. The van der Waals surface area contributed by atoms with E-state index in [-0.39, 0.29) is 0 Å². The van der Waals surface area contributed by atoms with Crippen molar-refractivity contribution >= 4 is 17.3 Å². The van der Waals surface area contributed by atoms with Crippen LogP contribution in [0.4, 0.5) is 11.4 Å². The predicted octanol–water partition coefficient (Wildman–Crippen LogP) is 0.721. The maximum absolute atomic E-state index is 11.8. The third-order valence-electron chi connectivity index (χ3n) is 4.06. The fraction of sp³-hybridized carbons (Fsp3) is 0.538. The first-order valence-electron chi connectivity index (χ1n) is 6.40. The Balaban J connectivity index is 1.82.